The van der Waals surface area contributed by atoms with E-state index in [0.717, 1.165) is 12.1 Å². The molecule has 0 aliphatic rings. The Hall–Kier alpha value is -1.50. The number of nitrogens with two attached hydrogens (primary N) is 1. The fraction of sp³-hybridized carbons (Fsp3) is 0.357. The maximum Gasteiger partial charge on any atom is 0.416 e. The van der Waals surface area contributed by atoms with Crippen molar-refractivity contribution < 1.29 is 13.2 Å². The van der Waals surface area contributed by atoms with Gasteiger partial charge in [0.2, 0.25) is 0 Å². The predicted molar refractivity (Wildman–Crippen MR) is 79.4 cm³/mol. The maximum atomic E-state index is 12.8. The third kappa shape index (κ3) is 3.07. The first-order valence-electron chi connectivity index (χ1n) is 6.24. The molecule has 3 nitrogen and oxygen atoms in total. The smallest absolute Gasteiger partial charge is 0.383 e. The molecule has 0 saturated carbocycles. The van der Waals surface area contributed by atoms with Crippen molar-refractivity contribution in [2.45, 2.75) is 32.4 Å². The van der Waals surface area contributed by atoms with Crippen molar-refractivity contribution in [3.8, 4) is 5.69 Å². The highest BCUT2D eigenvalue weighted by atomic mass is 79.9. The summed E-state index contributed by atoms with van der Waals surface area (Å²) in [4.78, 5) is 0. The van der Waals surface area contributed by atoms with Crippen LogP contribution in [0.2, 0.25) is 0 Å². The number of benzene rings is 1. The first-order valence-corrected chi connectivity index (χ1v) is 7.03. The lowest BCUT2D eigenvalue weighted by Crippen LogP contribution is -2.13. The monoisotopic (exact) mass is 361 g/mol. The Balaban J connectivity index is 2.58. The Bertz CT molecular complexity index is 669. The highest BCUT2D eigenvalue weighted by Gasteiger charge is 2.31. The van der Waals surface area contributed by atoms with Gasteiger partial charge in [0.15, 0.2) is 0 Å². The molecule has 0 fully saturated rings. The lowest BCUT2D eigenvalue weighted by molar-refractivity contribution is -0.137. The SMILES string of the molecule is CC(C)(C)c1nn(-c2cccc(C(F)(F)F)c2)c(N)c1Br. The second-order valence-corrected chi connectivity index (χ2v) is 6.55. The fourth-order valence-electron chi connectivity index (χ4n) is 1.90. The van der Waals surface area contributed by atoms with Crippen LogP contribution in [0.1, 0.15) is 32.0 Å². The zero-order chi connectivity index (χ0) is 16.0. The van der Waals surface area contributed by atoms with Crippen molar-refractivity contribution in [1.82, 2.24) is 9.78 Å². The summed E-state index contributed by atoms with van der Waals surface area (Å²) in [7, 11) is 0. The molecule has 0 radical (unpaired) electrons. The third-order valence-electron chi connectivity index (χ3n) is 2.99. The minimum absolute atomic E-state index is 0.276. The van der Waals surface area contributed by atoms with E-state index in [4.69, 9.17) is 5.73 Å². The van der Waals surface area contributed by atoms with E-state index in [-0.39, 0.29) is 16.9 Å². The zero-order valence-electron chi connectivity index (χ0n) is 11.8. The topological polar surface area (TPSA) is 43.8 Å². The number of anilines is 1. The van der Waals surface area contributed by atoms with E-state index in [0.29, 0.717) is 10.2 Å². The molecule has 0 bridgehead atoms. The van der Waals surface area contributed by atoms with Crippen LogP contribution in [0, 0.1) is 0 Å². The van der Waals surface area contributed by atoms with Gasteiger partial charge in [-0.1, -0.05) is 26.8 Å². The van der Waals surface area contributed by atoms with Crippen LogP contribution in [-0.4, -0.2) is 9.78 Å². The second kappa shape index (κ2) is 5.05. The third-order valence-corrected chi connectivity index (χ3v) is 3.77. The minimum atomic E-state index is -4.40. The van der Waals surface area contributed by atoms with Crippen LogP contribution in [0.4, 0.5) is 19.0 Å². The fourth-order valence-corrected chi connectivity index (χ4v) is 2.74. The van der Waals surface area contributed by atoms with Crippen LogP contribution >= 0.6 is 15.9 Å². The van der Waals surface area contributed by atoms with Crippen LogP contribution in [0.25, 0.3) is 5.69 Å². The summed E-state index contributed by atoms with van der Waals surface area (Å²) in [5, 5.41) is 4.35. The Morgan fingerprint density at radius 2 is 1.81 bits per heavy atom. The number of halogens is 4. The van der Waals surface area contributed by atoms with Gasteiger partial charge in [-0.15, -0.1) is 0 Å². The maximum absolute atomic E-state index is 12.8. The number of nitrogen functional groups attached to an aromatic ring is 1. The Morgan fingerprint density at radius 3 is 2.29 bits per heavy atom. The molecule has 21 heavy (non-hydrogen) atoms. The van der Waals surface area contributed by atoms with Gasteiger partial charge < -0.3 is 5.73 Å². The quantitative estimate of drug-likeness (QED) is 0.810. The Morgan fingerprint density at radius 1 is 1.19 bits per heavy atom. The van der Waals surface area contributed by atoms with Crippen molar-refractivity contribution in [3.05, 3.63) is 40.0 Å². The molecular weight excluding hydrogens is 347 g/mol. The lowest BCUT2D eigenvalue weighted by Gasteiger charge is -2.15. The van der Waals surface area contributed by atoms with Crippen LogP contribution in [-0.2, 0) is 11.6 Å². The molecule has 114 valence electrons. The van der Waals surface area contributed by atoms with Gasteiger partial charge in [0.25, 0.3) is 0 Å². The number of aromatic nitrogens is 2. The number of rotatable bonds is 1. The predicted octanol–water partition coefficient (Wildman–Crippen LogP) is 4.53. The van der Waals surface area contributed by atoms with Gasteiger partial charge in [-0.2, -0.15) is 18.3 Å². The molecule has 0 spiro atoms. The molecule has 0 aliphatic carbocycles. The molecule has 1 heterocycles. The summed E-state index contributed by atoms with van der Waals surface area (Å²) in [6.45, 7) is 5.86. The van der Waals surface area contributed by atoms with Gasteiger partial charge in [0, 0.05) is 5.41 Å². The van der Waals surface area contributed by atoms with E-state index >= 15 is 0 Å². The van der Waals surface area contributed by atoms with Crippen LogP contribution in [0.5, 0.6) is 0 Å². The molecule has 0 saturated heterocycles. The van der Waals surface area contributed by atoms with Crippen molar-refractivity contribution in [1.29, 1.82) is 0 Å². The van der Waals surface area contributed by atoms with Gasteiger partial charge in [-0.25, -0.2) is 4.68 Å². The van der Waals surface area contributed by atoms with Crippen molar-refractivity contribution >= 4 is 21.7 Å². The highest BCUT2D eigenvalue weighted by Crippen LogP contribution is 2.35. The summed E-state index contributed by atoms with van der Waals surface area (Å²) >= 11 is 3.36. The van der Waals surface area contributed by atoms with E-state index in [2.05, 4.69) is 21.0 Å². The van der Waals surface area contributed by atoms with Gasteiger partial charge in [-0.05, 0) is 34.1 Å². The second-order valence-electron chi connectivity index (χ2n) is 5.76. The van der Waals surface area contributed by atoms with Crippen LogP contribution < -0.4 is 5.73 Å². The van der Waals surface area contributed by atoms with Gasteiger partial charge >= 0.3 is 6.18 Å². The zero-order valence-corrected chi connectivity index (χ0v) is 13.4. The number of hydrogen-bond acceptors (Lipinski definition) is 2. The number of nitrogens with zero attached hydrogens (tertiary/aromatic N) is 2. The molecule has 7 heteroatoms. The average molecular weight is 362 g/mol. The molecule has 2 N–H and O–H groups in total. The standard InChI is InChI=1S/C14H15BrF3N3/c1-13(2,3)11-10(15)12(19)21(20-11)9-6-4-5-8(7-9)14(16,17)18/h4-7H,19H2,1-3H3. The average Bonchev–Trinajstić information content (AvgIpc) is 2.65. The van der Waals surface area contributed by atoms with Gasteiger partial charge in [0.1, 0.15) is 5.82 Å². The van der Waals surface area contributed by atoms with Crippen LogP contribution in [0.3, 0.4) is 0 Å². The molecule has 0 amide bonds. The van der Waals surface area contributed by atoms with E-state index in [1.807, 2.05) is 20.8 Å². The van der Waals surface area contributed by atoms with Gasteiger partial charge in [-0.3, -0.25) is 0 Å². The summed E-state index contributed by atoms with van der Waals surface area (Å²) in [6, 6.07) is 4.92. The molecular formula is C14H15BrF3N3. The summed E-state index contributed by atoms with van der Waals surface area (Å²) < 4.78 is 40.3. The largest absolute Gasteiger partial charge is 0.416 e. The first-order chi connectivity index (χ1) is 9.51. The normalized spacial score (nSPS) is 12.7. The summed E-state index contributed by atoms with van der Waals surface area (Å²) in [5.74, 6) is 0.277. The van der Waals surface area contributed by atoms with Crippen molar-refractivity contribution in [2.75, 3.05) is 5.73 Å². The molecule has 1 aromatic heterocycles. The highest BCUT2D eigenvalue weighted by molar-refractivity contribution is 9.10. The molecule has 0 unspecified atom stereocenters. The molecule has 0 atom stereocenters. The Kier molecular flexibility index (Phi) is 3.82. The van der Waals surface area contributed by atoms with E-state index in [9.17, 15) is 13.2 Å². The molecule has 2 aromatic rings. The summed E-state index contributed by atoms with van der Waals surface area (Å²) in [5.41, 5.74) is 5.92. The van der Waals surface area contributed by atoms with Crippen molar-refractivity contribution in [2.24, 2.45) is 0 Å². The number of hydrogen-bond donors (Lipinski definition) is 1. The number of alkyl halides is 3. The first kappa shape index (κ1) is 15.9. The lowest BCUT2D eigenvalue weighted by atomic mass is 9.92. The van der Waals surface area contributed by atoms with Gasteiger partial charge in [0.05, 0.1) is 21.4 Å². The van der Waals surface area contributed by atoms with E-state index in [1.54, 1.807) is 0 Å². The molecule has 0 aliphatic heterocycles. The van der Waals surface area contributed by atoms with E-state index < -0.39 is 11.7 Å². The minimum Gasteiger partial charge on any atom is -0.383 e. The Labute approximate surface area is 129 Å². The van der Waals surface area contributed by atoms with E-state index in [1.165, 1.54) is 16.8 Å². The van der Waals surface area contributed by atoms with Crippen molar-refractivity contribution in [3.63, 3.8) is 0 Å². The van der Waals surface area contributed by atoms with Crippen LogP contribution in [0.15, 0.2) is 28.7 Å². The molecule has 1 aromatic carbocycles. The summed E-state index contributed by atoms with van der Waals surface area (Å²) in [6.07, 6.45) is -4.40. The molecule has 2 rings (SSSR count).